The number of pyridine rings is 1. The molecule has 174 valence electrons. The summed E-state index contributed by atoms with van der Waals surface area (Å²) in [5.74, 6) is 0.329. The van der Waals surface area contributed by atoms with Gasteiger partial charge < -0.3 is 9.80 Å². The van der Waals surface area contributed by atoms with E-state index in [4.69, 9.17) is 0 Å². The molecule has 6 heteroatoms. The summed E-state index contributed by atoms with van der Waals surface area (Å²) in [6.45, 7) is 5.04. The van der Waals surface area contributed by atoms with Gasteiger partial charge in [-0.1, -0.05) is 37.5 Å². The summed E-state index contributed by atoms with van der Waals surface area (Å²) in [7, 11) is 0. The molecule has 6 nitrogen and oxygen atoms in total. The van der Waals surface area contributed by atoms with Crippen LogP contribution in [-0.2, 0) is 17.8 Å². The van der Waals surface area contributed by atoms with E-state index in [1.807, 2.05) is 40.4 Å². The van der Waals surface area contributed by atoms with Crippen LogP contribution >= 0.6 is 0 Å². The van der Waals surface area contributed by atoms with Gasteiger partial charge in [0.1, 0.15) is 0 Å². The van der Waals surface area contributed by atoms with Gasteiger partial charge in [-0.3, -0.25) is 19.5 Å². The van der Waals surface area contributed by atoms with Crippen LogP contribution in [0.3, 0.4) is 0 Å². The molecule has 2 aromatic rings. The van der Waals surface area contributed by atoms with E-state index in [2.05, 4.69) is 28.1 Å². The van der Waals surface area contributed by atoms with Crippen molar-refractivity contribution in [1.82, 2.24) is 19.7 Å². The van der Waals surface area contributed by atoms with E-state index in [0.717, 1.165) is 76.0 Å². The largest absolute Gasteiger partial charge is 0.340 e. The lowest BCUT2D eigenvalue weighted by molar-refractivity contribution is -0.136. The number of nitrogens with zero attached hydrogens (tertiary/aromatic N) is 4. The fourth-order valence-electron chi connectivity index (χ4n) is 5.84. The first-order chi connectivity index (χ1) is 16.1. The molecule has 0 bridgehead atoms. The Morgan fingerprint density at radius 1 is 0.939 bits per heavy atom. The van der Waals surface area contributed by atoms with E-state index >= 15 is 0 Å². The Bertz CT molecular complexity index is 979. The van der Waals surface area contributed by atoms with Crippen LogP contribution in [0.15, 0.2) is 48.8 Å². The maximum Gasteiger partial charge on any atom is 0.254 e. The summed E-state index contributed by atoms with van der Waals surface area (Å²) in [5.41, 5.74) is 2.89. The van der Waals surface area contributed by atoms with Crippen LogP contribution in [0.4, 0.5) is 0 Å². The average molecular weight is 447 g/mol. The van der Waals surface area contributed by atoms with Gasteiger partial charge >= 0.3 is 0 Å². The van der Waals surface area contributed by atoms with Gasteiger partial charge in [0.05, 0.1) is 12.0 Å². The Kier molecular flexibility index (Phi) is 6.45. The summed E-state index contributed by atoms with van der Waals surface area (Å²) >= 11 is 0. The Morgan fingerprint density at radius 2 is 1.67 bits per heavy atom. The van der Waals surface area contributed by atoms with Crippen LogP contribution in [0.25, 0.3) is 0 Å². The quantitative estimate of drug-likeness (QED) is 0.681. The van der Waals surface area contributed by atoms with Crippen molar-refractivity contribution in [3.8, 4) is 0 Å². The normalized spacial score (nSPS) is 20.7. The Balaban J connectivity index is 1.20. The lowest BCUT2D eigenvalue weighted by Crippen LogP contribution is -2.55. The number of hydrogen-bond acceptors (Lipinski definition) is 4. The molecule has 1 aliphatic carbocycles. The minimum Gasteiger partial charge on any atom is -0.340 e. The van der Waals surface area contributed by atoms with Gasteiger partial charge in [0.15, 0.2) is 0 Å². The zero-order valence-corrected chi connectivity index (χ0v) is 19.4. The molecule has 33 heavy (non-hydrogen) atoms. The highest BCUT2D eigenvalue weighted by molar-refractivity contribution is 5.99. The first-order valence-corrected chi connectivity index (χ1v) is 12.4. The topological polar surface area (TPSA) is 56.8 Å². The number of carbonyl (C=O) groups is 2. The number of rotatable bonds is 6. The fourth-order valence-corrected chi connectivity index (χ4v) is 5.84. The van der Waals surface area contributed by atoms with Crippen molar-refractivity contribution >= 4 is 11.8 Å². The van der Waals surface area contributed by atoms with E-state index < -0.39 is 0 Å². The second kappa shape index (κ2) is 9.64. The Morgan fingerprint density at radius 3 is 2.39 bits per heavy atom. The summed E-state index contributed by atoms with van der Waals surface area (Å²) in [4.78, 5) is 37.3. The molecule has 2 amide bonds. The zero-order valence-electron chi connectivity index (χ0n) is 19.4. The van der Waals surface area contributed by atoms with Gasteiger partial charge in [-0.15, -0.1) is 0 Å². The van der Waals surface area contributed by atoms with Crippen molar-refractivity contribution in [2.45, 2.75) is 57.0 Å². The van der Waals surface area contributed by atoms with Gasteiger partial charge in [0.2, 0.25) is 5.91 Å². The summed E-state index contributed by atoms with van der Waals surface area (Å²) in [6, 6.07) is 12.1. The van der Waals surface area contributed by atoms with Crippen molar-refractivity contribution in [2.24, 2.45) is 0 Å². The Hall–Kier alpha value is -2.73. The van der Waals surface area contributed by atoms with Crippen LogP contribution in [0, 0.1) is 0 Å². The second-order valence-electron chi connectivity index (χ2n) is 9.84. The van der Waals surface area contributed by atoms with E-state index in [-0.39, 0.29) is 17.4 Å². The third-order valence-corrected chi connectivity index (χ3v) is 7.85. The number of benzene rings is 1. The van der Waals surface area contributed by atoms with Crippen LogP contribution in [0.5, 0.6) is 0 Å². The van der Waals surface area contributed by atoms with E-state index in [0.29, 0.717) is 13.0 Å². The van der Waals surface area contributed by atoms with Gasteiger partial charge in [-0.2, -0.15) is 0 Å². The smallest absolute Gasteiger partial charge is 0.254 e. The highest BCUT2D eigenvalue weighted by Gasteiger charge is 2.46. The third kappa shape index (κ3) is 4.67. The number of piperazine rings is 1. The average Bonchev–Trinajstić information content (AvgIpc) is 3.21. The molecule has 1 aromatic carbocycles. The van der Waals surface area contributed by atoms with Gasteiger partial charge in [0, 0.05) is 57.2 Å². The Labute approximate surface area is 196 Å². The van der Waals surface area contributed by atoms with Crippen molar-refractivity contribution < 1.29 is 9.59 Å². The van der Waals surface area contributed by atoms with Crippen LogP contribution < -0.4 is 0 Å². The van der Waals surface area contributed by atoms with E-state index in [1.165, 1.54) is 12.0 Å². The lowest BCUT2D eigenvalue weighted by Gasteiger charge is -2.46. The van der Waals surface area contributed by atoms with Gasteiger partial charge in [0.25, 0.3) is 5.91 Å². The molecular weight excluding hydrogens is 412 g/mol. The molecule has 0 spiro atoms. The molecule has 2 aliphatic heterocycles. The number of fused-ring (bicyclic) bond motifs is 1. The number of hydrogen-bond donors (Lipinski definition) is 0. The predicted molar refractivity (Wildman–Crippen MR) is 128 cm³/mol. The molecule has 2 fully saturated rings. The van der Waals surface area contributed by atoms with E-state index in [9.17, 15) is 9.59 Å². The summed E-state index contributed by atoms with van der Waals surface area (Å²) < 4.78 is 0. The first-order valence-electron chi connectivity index (χ1n) is 12.4. The minimum absolute atomic E-state index is 0.112. The van der Waals surface area contributed by atoms with Crippen LogP contribution in [0.1, 0.15) is 60.0 Å². The maximum atomic E-state index is 13.5. The standard InChI is InChI=1S/C27H34N4O2/c32-25(30-18-16-29(17-19-30)15-10-22-8-13-28-14-9-22)20-27(11-4-1-5-12-27)31-21-23-6-2-3-7-24(23)26(31)33/h2-3,6-9,13-14H,1,4-5,10-12,15-21H2. The maximum absolute atomic E-state index is 13.5. The predicted octanol–water partition coefficient (Wildman–Crippen LogP) is 3.52. The summed E-state index contributed by atoms with van der Waals surface area (Å²) in [5, 5.41) is 0. The monoisotopic (exact) mass is 446 g/mol. The molecule has 3 aliphatic rings. The number of aromatic nitrogens is 1. The molecule has 0 radical (unpaired) electrons. The molecule has 5 rings (SSSR count). The first kappa shape index (κ1) is 22.1. The van der Waals surface area contributed by atoms with Gasteiger partial charge in [-0.05, 0) is 48.6 Å². The molecule has 1 saturated carbocycles. The van der Waals surface area contributed by atoms with Crippen molar-refractivity contribution in [3.05, 3.63) is 65.5 Å². The molecule has 1 saturated heterocycles. The zero-order chi connectivity index (χ0) is 22.7. The molecule has 0 unspecified atom stereocenters. The third-order valence-electron chi connectivity index (χ3n) is 7.85. The number of carbonyl (C=O) groups excluding carboxylic acids is 2. The SMILES string of the molecule is O=C(CC1(N2Cc3ccccc3C2=O)CCCCC1)N1CCN(CCc2ccncc2)CC1. The van der Waals surface area contributed by atoms with Gasteiger partial charge in [-0.25, -0.2) is 0 Å². The molecule has 0 N–H and O–H groups in total. The second-order valence-corrected chi connectivity index (χ2v) is 9.84. The molecular formula is C27H34N4O2. The van der Waals surface area contributed by atoms with Crippen molar-refractivity contribution in [3.63, 3.8) is 0 Å². The van der Waals surface area contributed by atoms with Crippen LogP contribution in [-0.4, -0.2) is 69.8 Å². The van der Waals surface area contributed by atoms with E-state index in [1.54, 1.807) is 0 Å². The summed E-state index contributed by atoms with van der Waals surface area (Å²) in [6.07, 6.45) is 10.4. The fraction of sp³-hybridized carbons (Fsp3) is 0.519. The molecule has 0 atom stereocenters. The minimum atomic E-state index is -0.329. The van der Waals surface area contributed by atoms with Crippen molar-refractivity contribution in [1.29, 1.82) is 0 Å². The highest BCUT2D eigenvalue weighted by Crippen LogP contribution is 2.41. The number of amides is 2. The lowest BCUT2D eigenvalue weighted by atomic mass is 9.77. The van der Waals surface area contributed by atoms with Crippen molar-refractivity contribution in [2.75, 3.05) is 32.7 Å². The highest BCUT2D eigenvalue weighted by atomic mass is 16.2. The van der Waals surface area contributed by atoms with Crippen LogP contribution in [0.2, 0.25) is 0 Å². The molecule has 1 aromatic heterocycles. The molecule has 3 heterocycles.